The fourth-order valence-corrected chi connectivity index (χ4v) is 4.23. The Labute approximate surface area is 218 Å². The third-order valence-electron chi connectivity index (χ3n) is 5.81. The van der Waals surface area contributed by atoms with Crippen molar-refractivity contribution in [3.05, 3.63) is 89.7 Å². The molecule has 1 amide bonds. The number of hydrogen-bond donors (Lipinski definition) is 2. The van der Waals surface area contributed by atoms with Crippen LogP contribution >= 0.6 is 0 Å². The zero-order chi connectivity index (χ0) is 27.4. The van der Waals surface area contributed by atoms with E-state index in [1.165, 1.54) is 25.3 Å². The van der Waals surface area contributed by atoms with Gasteiger partial charge in [-0.05, 0) is 54.4 Å². The second kappa shape index (κ2) is 11.5. The summed E-state index contributed by atoms with van der Waals surface area (Å²) in [6, 6.07) is 15.5. The molecule has 38 heavy (non-hydrogen) atoms. The zero-order valence-corrected chi connectivity index (χ0v) is 20.9. The number of carboxylic acid groups (broad SMARTS) is 1. The lowest BCUT2D eigenvalue weighted by Crippen LogP contribution is -2.41. The predicted molar refractivity (Wildman–Crippen MR) is 136 cm³/mol. The van der Waals surface area contributed by atoms with Gasteiger partial charge in [0.25, 0.3) is 5.91 Å². The van der Waals surface area contributed by atoms with Gasteiger partial charge in [0, 0.05) is 17.7 Å². The molecule has 2 unspecified atom stereocenters. The van der Waals surface area contributed by atoms with Gasteiger partial charge >= 0.3 is 5.97 Å². The Morgan fingerprint density at radius 2 is 1.84 bits per heavy atom. The van der Waals surface area contributed by atoms with Crippen LogP contribution in [0, 0.1) is 11.6 Å². The highest BCUT2D eigenvalue weighted by molar-refractivity contribution is 7.79. The van der Waals surface area contributed by atoms with Crippen LogP contribution in [0.3, 0.4) is 0 Å². The van der Waals surface area contributed by atoms with Crippen LogP contribution in [-0.4, -0.2) is 49.0 Å². The number of nitrogens with zero attached hydrogens (tertiary/aromatic N) is 1. The van der Waals surface area contributed by atoms with Crippen molar-refractivity contribution >= 4 is 33.9 Å². The Kier molecular flexibility index (Phi) is 8.18. The van der Waals surface area contributed by atoms with Crippen molar-refractivity contribution in [1.29, 1.82) is 0 Å². The highest BCUT2D eigenvalue weighted by Gasteiger charge is 2.23. The molecule has 0 fully saturated rings. The van der Waals surface area contributed by atoms with E-state index in [4.69, 9.17) is 14.3 Å². The number of carbonyl (C=O) groups is 2. The van der Waals surface area contributed by atoms with E-state index in [9.17, 15) is 27.1 Å². The summed E-state index contributed by atoms with van der Waals surface area (Å²) in [5.41, 5.74) is 2.06. The van der Waals surface area contributed by atoms with E-state index in [0.29, 0.717) is 22.4 Å². The summed E-state index contributed by atoms with van der Waals surface area (Å²) in [6.07, 6.45) is 1.29. The van der Waals surface area contributed by atoms with E-state index in [0.717, 1.165) is 11.0 Å². The largest absolute Gasteiger partial charge is 0.489 e. The van der Waals surface area contributed by atoms with Crippen LogP contribution in [0.1, 0.15) is 22.8 Å². The fraction of sp³-hybridized carbons (Fsp3) is 0.185. The number of ether oxygens (including phenoxy) is 1. The maximum absolute atomic E-state index is 14.0. The van der Waals surface area contributed by atoms with Crippen molar-refractivity contribution < 1.29 is 41.4 Å². The van der Waals surface area contributed by atoms with Crippen molar-refractivity contribution in [3.63, 3.8) is 0 Å². The Balaban J connectivity index is 1.46. The molecule has 0 aliphatic rings. The maximum atomic E-state index is 14.0. The molecule has 0 radical (unpaired) electrons. The number of benzene rings is 3. The number of carboxylic acids is 1. The number of carbonyl (C=O) groups excluding carboxylic acids is 1. The Bertz CT molecular complexity index is 1500. The summed E-state index contributed by atoms with van der Waals surface area (Å²) in [6.45, 7) is 0.709. The van der Waals surface area contributed by atoms with Gasteiger partial charge in [0.15, 0.2) is 22.7 Å². The monoisotopic (exact) mass is 543 g/mol. The zero-order valence-electron chi connectivity index (χ0n) is 20.1. The topological polar surface area (TPSA) is 117 Å². The van der Waals surface area contributed by atoms with Crippen molar-refractivity contribution in [2.45, 2.75) is 18.8 Å². The third kappa shape index (κ3) is 6.06. The molecule has 0 aliphatic carbocycles. The molecule has 2 atom stereocenters. The first-order valence-electron chi connectivity index (χ1n) is 11.4. The average molecular weight is 544 g/mol. The summed E-state index contributed by atoms with van der Waals surface area (Å²) >= 11 is -2.22. The Hall–Kier alpha value is -4.09. The summed E-state index contributed by atoms with van der Waals surface area (Å²) in [5.74, 6) is -3.30. The summed E-state index contributed by atoms with van der Waals surface area (Å²) in [5, 5.41) is 8.38. The number of halogens is 2. The standard InChI is InChI=1S/C27H23F2NO7S/c1-16(38(34)35)13-30(14-24(31)32)27(33)19-4-2-3-17(11-19)15-37-20-7-5-18(6-8-20)22-12-23(28)25(29)21-9-10-36-26(21)22/h2-12,16H,13-15H2,1H3,(H,31,32)(H,34,35). The molecule has 198 valence electrons. The Morgan fingerprint density at radius 1 is 1.11 bits per heavy atom. The Morgan fingerprint density at radius 3 is 2.53 bits per heavy atom. The lowest BCUT2D eigenvalue weighted by atomic mass is 10.0. The molecule has 1 heterocycles. The van der Waals surface area contributed by atoms with Gasteiger partial charge in [-0.1, -0.05) is 24.3 Å². The van der Waals surface area contributed by atoms with Crippen LogP contribution in [0.5, 0.6) is 5.75 Å². The van der Waals surface area contributed by atoms with E-state index in [2.05, 4.69) is 0 Å². The predicted octanol–water partition coefficient (Wildman–Crippen LogP) is 5.09. The minimum Gasteiger partial charge on any atom is -0.489 e. The van der Waals surface area contributed by atoms with Crippen LogP contribution in [0.25, 0.3) is 22.1 Å². The molecule has 0 aliphatic heterocycles. The van der Waals surface area contributed by atoms with Gasteiger partial charge in [-0.3, -0.25) is 9.59 Å². The van der Waals surface area contributed by atoms with E-state index >= 15 is 0 Å². The van der Waals surface area contributed by atoms with Crippen molar-refractivity contribution in [2.24, 2.45) is 0 Å². The van der Waals surface area contributed by atoms with E-state index < -0.39 is 46.4 Å². The lowest BCUT2D eigenvalue weighted by molar-refractivity contribution is -0.137. The molecule has 0 spiro atoms. The average Bonchev–Trinajstić information content (AvgIpc) is 3.39. The van der Waals surface area contributed by atoms with Gasteiger partial charge < -0.3 is 23.7 Å². The van der Waals surface area contributed by atoms with Crippen LogP contribution in [0.15, 0.2) is 71.3 Å². The van der Waals surface area contributed by atoms with E-state index in [1.54, 1.807) is 42.5 Å². The van der Waals surface area contributed by atoms with Crippen LogP contribution in [0.2, 0.25) is 0 Å². The van der Waals surface area contributed by atoms with Gasteiger partial charge in [0.2, 0.25) is 0 Å². The highest BCUT2D eigenvalue weighted by atomic mass is 32.2. The molecule has 11 heteroatoms. The smallest absolute Gasteiger partial charge is 0.323 e. The van der Waals surface area contributed by atoms with Gasteiger partial charge in [0.05, 0.1) is 16.9 Å². The summed E-state index contributed by atoms with van der Waals surface area (Å²) in [4.78, 5) is 25.2. The number of aliphatic carboxylic acids is 1. The molecule has 8 nitrogen and oxygen atoms in total. The first-order valence-corrected chi connectivity index (χ1v) is 12.6. The van der Waals surface area contributed by atoms with Crippen LogP contribution in [0.4, 0.5) is 8.78 Å². The van der Waals surface area contributed by atoms with Gasteiger partial charge in [0.1, 0.15) is 24.5 Å². The second-order valence-corrected chi connectivity index (χ2v) is 9.92. The molecule has 0 saturated heterocycles. The SMILES string of the molecule is CC(CN(CC(=O)O)C(=O)c1cccc(COc2ccc(-c3cc(F)c(F)c4ccoc34)cc2)c1)S(=O)O. The minimum atomic E-state index is -2.22. The molecular weight excluding hydrogens is 520 g/mol. The van der Waals surface area contributed by atoms with Gasteiger partial charge in [-0.25, -0.2) is 13.0 Å². The van der Waals surface area contributed by atoms with Crippen LogP contribution in [-0.2, 0) is 22.5 Å². The number of hydrogen-bond acceptors (Lipinski definition) is 5. The first kappa shape index (κ1) is 27.0. The van der Waals surface area contributed by atoms with Crippen LogP contribution < -0.4 is 4.74 Å². The fourth-order valence-electron chi connectivity index (χ4n) is 3.92. The molecule has 0 saturated carbocycles. The number of rotatable bonds is 10. The molecule has 4 aromatic rings. The van der Waals surface area contributed by atoms with Crippen molar-refractivity contribution in [3.8, 4) is 16.9 Å². The maximum Gasteiger partial charge on any atom is 0.323 e. The minimum absolute atomic E-state index is 0.0516. The van der Waals surface area contributed by atoms with Crippen molar-refractivity contribution in [1.82, 2.24) is 4.90 Å². The molecule has 1 aromatic heterocycles. The number of furan rings is 1. The van der Waals surface area contributed by atoms with E-state index in [-0.39, 0.29) is 29.7 Å². The quantitative estimate of drug-likeness (QED) is 0.268. The second-order valence-electron chi connectivity index (χ2n) is 8.56. The molecular formula is C27H23F2NO7S. The highest BCUT2D eigenvalue weighted by Crippen LogP contribution is 2.33. The lowest BCUT2D eigenvalue weighted by Gasteiger charge is -2.23. The summed E-state index contributed by atoms with van der Waals surface area (Å²) in [7, 11) is 0. The van der Waals surface area contributed by atoms with E-state index in [1.807, 2.05) is 0 Å². The van der Waals surface area contributed by atoms with Crippen molar-refractivity contribution in [2.75, 3.05) is 13.1 Å². The third-order valence-corrected chi connectivity index (χ3v) is 6.64. The van der Waals surface area contributed by atoms with Gasteiger partial charge in [-0.15, -0.1) is 0 Å². The number of amides is 1. The first-order chi connectivity index (χ1) is 18.1. The number of fused-ring (bicyclic) bond motifs is 1. The normalized spacial score (nSPS) is 12.7. The molecule has 4 rings (SSSR count). The van der Waals surface area contributed by atoms with Gasteiger partial charge in [-0.2, -0.15) is 0 Å². The summed E-state index contributed by atoms with van der Waals surface area (Å²) < 4.78 is 59.7. The molecule has 3 aromatic carbocycles. The molecule has 2 N–H and O–H groups in total. The molecule has 0 bridgehead atoms.